The number of ether oxygens (including phenoxy) is 2. The summed E-state index contributed by atoms with van der Waals surface area (Å²) in [6.07, 6.45) is 9.17. The van der Waals surface area contributed by atoms with Crippen LogP contribution in [-0.2, 0) is 19.1 Å². The Morgan fingerprint density at radius 3 is 2.50 bits per heavy atom. The lowest BCUT2D eigenvalue weighted by Crippen LogP contribution is -2.65. The molecule has 0 amide bonds. The molecule has 0 saturated heterocycles. The molecule has 0 aromatic carbocycles. The summed E-state index contributed by atoms with van der Waals surface area (Å²) in [5.74, 6) is 0.290. The van der Waals surface area contributed by atoms with Gasteiger partial charge in [-0.05, 0) is 66.1 Å². The number of esters is 2. The molecule has 3 fully saturated rings. The number of carbonyl (C=O) groups is 2. The molecule has 32 heavy (non-hydrogen) atoms. The fourth-order valence-electron chi connectivity index (χ4n) is 9.41. The minimum absolute atomic E-state index is 0.0209. The maximum atomic E-state index is 12.9. The summed E-state index contributed by atoms with van der Waals surface area (Å²) >= 11 is 0. The lowest BCUT2D eigenvalue weighted by molar-refractivity contribution is -0.215. The van der Waals surface area contributed by atoms with Gasteiger partial charge in [-0.15, -0.1) is 0 Å². The Labute approximate surface area is 191 Å². The highest BCUT2D eigenvalue weighted by Crippen LogP contribution is 2.73. The Morgan fingerprint density at radius 2 is 1.81 bits per heavy atom. The average Bonchev–Trinajstić information content (AvgIpc) is 2.97. The Balaban J connectivity index is 1.66. The molecule has 0 radical (unpaired) electrons. The van der Waals surface area contributed by atoms with Crippen molar-refractivity contribution in [1.29, 1.82) is 0 Å². The molecule has 0 aromatic rings. The molecule has 0 bridgehead atoms. The topological polar surface area (TPSA) is 72.8 Å². The van der Waals surface area contributed by atoms with Gasteiger partial charge in [-0.3, -0.25) is 4.79 Å². The van der Waals surface area contributed by atoms with Gasteiger partial charge in [0.15, 0.2) is 0 Å². The Hall–Kier alpha value is -1.62. The highest BCUT2D eigenvalue weighted by atomic mass is 16.6. The van der Waals surface area contributed by atoms with Gasteiger partial charge in [0.05, 0.1) is 5.57 Å². The number of rotatable bonds is 1. The zero-order chi connectivity index (χ0) is 23.3. The van der Waals surface area contributed by atoms with Crippen molar-refractivity contribution >= 4 is 11.9 Å². The second kappa shape index (κ2) is 6.71. The van der Waals surface area contributed by atoms with E-state index in [0.29, 0.717) is 28.4 Å². The Kier molecular flexibility index (Phi) is 4.65. The summed E-state index contributed by atoms with van der Waals surface area (Å²) in [7, 11) is 0. The van der Waals surface area contributed by atoms with Crippen LogP contribution < -0.4 is 0 Å². The molecule has 1 unspecified atom stereocenters. The van der Waals surface area contributed by atoms with Crippen molar-refractivity contribution in [1.82, 2.24) is 0 Å². The molecule has 5 nitrogen and oxygen atoms in total. The van der Waals surface area contributed by atoms with E-state index in [1.54, 1.807) is 0 Å². The first kappa shape index (κ1) is 22.2. The van der Waals surface area contributed by atoms with Gasteiger partial charge in [0.2, 0.25) is 6.29 Å². The van der Waals surface area contributed by atoms with E-state index in [1.165, 1.54) is 32.6 Å². The largest absolute Gasteiger partial charge is 0.462 e. The molecule has 0 spiro atoms. The quantitative estimate of drug-likeness (QED) is 0.583. The van der Waals surface area contributed by atoms with Crippen LogP contribution in [0, 0.1) is 39.4 Å². The molecule has 3 saturated carbocycles. The van der Waals surface area contributed by atoms with Gasteiger partial charge in [-0.2, -0.15) is 0 Å². The summed E-state index contributed by atoms with van der Waals surface area (Å²) in [4.78, 5) is 25.2. The first-order valence-electron chi connectivity index (χ1n) is 12.3. The Morgan fingerprint density at radius 1 is 1.09 bits per heavy atom. The number of hydrogen-bond acceptors (Lipinski definition) is 5. The van der Waals surface area contributed by atoms with Crippen LogP contribution in [0.3, 0.4) is 0 Å². The van der Waals surface area contributed by atoms with Crippen LogP contribution in [0.25, 0.3) is 0 Å². The predicted octanol–water partition coefficient (Wildman–Crippen LogP) is 4.93. The van der Waals surface area contributed by atoms with Crippen molar-refractivity contribution in [3.63, 3.8) is 0 Å². The molecular weight excluding hydrogens is 404 g/mol. The summed E-state index contributed by atoms with van der Waals surface area (Å²) in [6.45, 7) is 13.3. The summed E-state index contributed by atoms with van der Waals surface area (Å²) in [6, 6.07) is 0. The van der Waals surface area contributed by atoms with Crippen LogP contribution in [0.4, 0.5) is 0 Å². The number of cyclic esters (lactones) is 1. The second-order valence-corrected chi connectivity index (χ2v) is 12.5. The molecule has 5 heteroatoms. The van der Waals surface area contributed by atoms with Gasteiger partial charge in [0.1, 0.15) is 6.10 Å². The normalized spacial score (nSPS) is 48.8. The number of aliphatic hydroxyl groups excluding tert-OH is 1. The highest BCUT2D eigenvalue weighted by Gasteiger charge is 2.69. The van der Waals surface area contributed by atoms with E-state index < -0.39 is 23.8 Å². The van der Waals surface area contributed by atoms with Crippen LogP contribution in [-0.4, -0.2) is 29.4 Å². The van der Waals surface area contributed by atoms with Crippen LogP contribution in [0.5, 0.6) is 0 Å². The maximum Gasteiger partial charge on any atom is 0.337 e. The van der Waals surface area contributed by atoms with Crippen LogP contribution in [0.15, 0.2) is 23.3 Å². The van der Waals surface area contributed by atoms with E-state index in [0.717, 1.165) is 12.8 Å². The van der Waals surface area contributed by atoms with Crippen molar-refractivity contribution in [2.24, 2.45) is 39.4 Å². The van der Waals surface area contributed by atoms with E-state index in [1.807, 2.05) is 6.08 Å². The number of aliphatic hydroxyl groups is 1. The summed E-state index contributed by atoms with van der Waals surface area (Å²) in [5, 5.41) is 10.4. The van der Waals surface area contributed by atoms with E-state index in [2.05, 4.69) is 40.7 Å². The van der Waals surface area contributed by atoms with Crippen molar-refractivity contribution < 1.29 is 24.2 Å². The molecule has 5 aliphatic rings. The number of allylic oxidation sites excluding steroid dienone is 1. The molecule has 1 heterocycles. The first-order chi connectivity index (χ1) is 14.9. The van der Waals surface area contributed by atoms with Crippen LogP contribution in [0.2, 0.25) is 0 Å². The molecule has 1 N–H and O–H groups in total. The smallest absolute Gasteiger partial charge is 0.337 e. The molecule has 0 aromatic heterocycles. The first-order valence-corrected chi connectivity index (χ1v) is 12.3. The molecule has 5 rings (SSSR count). The molecule has 1 aliphatic heterocycles. The van der Waals surface area contributed by atoms with Gasteiger partial charge in [-0.1, -0.05) is 53.2 Å². The minimum atomic E-state index is -1.23. The summed E-state index contributed by atoms with van der Waals surface area (Å²) in [5.41, 5.74) is 0.804. The standard InChI is InChI=1S/C27H38O5/c1-15(28)31-20-14-19-25(4)12-7-11-24(2,3)17(25)10-13-26(19,5)18-9-8-16-21(27(18,20)6)23(30)32-22(16)29/h8-9,17-20,22,29H,7,10-14H2,1-6H3/t17-,18-,19+,20-,22?,25-,26-,27+/m0/s1. The van der Waals surface area contributed by atoms with E-state index in [4.69, 9.17) is 9.47 Å². The third-order valence-corrected chi connectivity index (χ3v) is 10.6. The molecular formula is C27H38O5. The van der Waals surface area contributed by atoms with Crippen molar-refractivity contribution in [3.05, 3.63) is 23.3 Å². The van der Waals surface area contributed by atoms with E-state index >= 15 is 0 Å². The predicted molar refractivity (Wildman–Crippen MR) is 120 cm³/mol. The number of fused-ring (bicyclic) bond motifs is 6. The van der Waals surface area contributed by atoms with Crippen molar-refractivity contribution in [3.8, 4) is 0 Å². The van der Waals surface area contributed by atoms with Gasteiger partial charge in [-0.25, -0.2) is 4.79 Å². The van der Waals surface area contributed by atoms with Crippen molar-refractivity contribution in [2.75, 3.05) is 0 Å². The van der Waals surface area contributed by atoms with Crippen LogP contribution in [0.1, 0.15) is 80.1 Å². The number of hydrogen-bond donors (Lipinski definition) is 1. The zero-order valence-electron chi connectivity index (χ0n) is 20.4. The lowest BCUT2D eigenvalue weighted by Gasteiger charge is -2.69. The monoisotopic (exact) mass is 442 g/mol. The SMILES string of the molecule is CC(=O)O[C@H]1C[C@@H]2[C@@]3(C)CCCC(C)(C)[C@@H]3CC[C@@]2(C)[C@@H]2C=CC3=C(C(=O)OC3O)[C@@]12C. The van der Waals surface area contributed by atoms with Gasteiger partial charge >= 0.3 is 11.9 Å². The third kappa shape index (κ3) is 2.66. The summed E-state index contributed by atoms with van der Waals surface area (Å²) < 4.78 is 11.3. The molecule has 176 valence electrons. The fraction of sp³-hybridized carbons (Fsp3) is 0.778. The minimum Gasteiger partial charge on any atom is -0.462 e. The van der Waals surface area contributed by atoms with Crippen LogP contribution >= 0.6 is 0 Å². The third-order valence-electron chi connectivity index (χ3n) is 10.6. The van der Waals surface area contributed by atoms with Crippen molar-refractivity contribution in [2.45, 2.75) is 92.5 Å². The second-order valence-electron chi connectivity index (χ2n) is 12.5. The average molecular weight is 443 g/mol. The van der Waals surface area contributed by atoms with E-state index in [9.17, 15) is 14.7 Å². The maximum absolute atomic E-state index is 12.9. The zero-order valence-corrected chi connectivity index (χ0v) is 20.4. The highest BCUT2D eigenvalue weighted by molar-refractivity contribution is 5.95. The Bertz CT molecular complexity index is 930. The number of carbonyl (C=O) groups excluding carboxylic acids is 2. The van der Waals surface area contributed by atoms with E-state index in [-0.39, 0.29) is 22.7 Å². The van der Waals surface area contributed by atoms with Gasteiger partial charge in [0, 0.05) is 17.9 Å². The lowest BCUT2D eigenvalue weighted by atomic mass is 9.35. The van der Waals surface area contributed by atoms with Gasteiger partial charge in [0.25, 0.3) is 0 Å². The molecule has 4 aliphatic carbocycles. The fourth-order valence-corrected chi connectivity index (χ4v) is 9.41. The molecule has 8 atom stereocenters. The van der Waals surface area contributed by atoms with Gasteiger partial charge < -0.3 is 14.6 Å².